The number of hydrogen-bond donors (Lipinski definition) is 3. The van der Waals surface area contributed by atoms with Crippen molar-refractivity contribution in [2.75, 3.05) is 11.9 Å². The minimum Gasteiger partial charge on any atom is -0.394 e. The molecule has 5 rings (SSSR count). The van der Waals surface area contributed by atoms with Crippen molar-refractivity contribution in [3.05, 3.63) is 42.9 Å². The topological polar surface area (TPSA) is 150 Å². The Balaban J connectivity index is 1.37. The first-order valence-corrected chi connectivity index (χ1v) is 10.5. The van der Waals surface area contributed by atoms with Crippen LogP contribution in [-0.2, 0) is 11.3 Å². The van der Waals surface area contributed by atoms with Crippen LogP contribution in [0.3, 0.4) is 0 Å². The number of primary amides is 1. The number of benzene rings is 1. The van der Waals surface area contributed by atoms with Crippen molar-refractivity contribution in [3.8, 4) is 16.8 Å². The molecule has 1 amide bonds. The van der Waals surface area contributed by atoms with Gasteiger partial charge >= 0.3 is 0 Å². The smallest absolute Gasteiger partial charge is 0.225 e. The quantitative estimate of drug-likeness (QED) is 0.393. The zero-order valence-corrected chi connectivity index (χ0v) is 17.3. The summed E-state index contributed by atoms with van der Waals surface area (Å²) in [5, 5.41) is 25.0. The van der Waals surface area contributed by atoms with E-state index in [0.29, 0.717) is 30.1 Å². The summed E-state index contributed by atoms with van der Waals surface area (Å²) in [4.78, 5) is 20.4. The molecule has 1 fully saturated rings. The SMILES string of the molecule is NC(=O)[C@@H]1CC[C@@H](Nc2ncc3nnn(-c4ccc(-c5cnn(CCO)c5)cc4)c3n2)C1. The van der Waals surface area contributed by atoms with Gasteiger partial charge < -0.3 is 16.2 Å². The molecular formula is C21H23N9O2. The molecule has 11 heteroatoms. The molecule has 2 atom stereocenters. The van der Waals surface area contributed by atoms with Gasteiger partial charge in [0, 0.05) is 23.7 Å². The Morgan fingerprint density at radius 2 is 2.03 bits per heavy atom. The van der Waals surface area contributed by atoms with Crippen LogP contribution in [0, 0.1) is 5.92 Å². The molecule has 4 aromatic rings. The molecule has 1 saturated carbocycles. The summed E-state index contributed by atoms with van der Waals surface area (Å²) in [5.74, 6) is 0.124. The van der Waals surface area contributed by atoms with E-state index in [9.17, 15) is 4.79 Å². The number of nitrogens with one attached hydrogen (secondary N) is 1. The van der Waals surface area contributed by atoms with E-state index in [1.165, 1.54) is 0 Å². The van der Waals surface area contributed by atoms with Gasteiger partial charge in [-0.2, -0.15) is 14.8 Å². The van der Waals surface area contributed by atoms with E-state index in [1.54, 1.807) is 21.8 Å². The number of amides is 1. The summed E-state index contributed by atoms with van der Waals surface area (Å²) in [7, 11) is 0. The second-order valence-electron chi connectivity index (χ2n) is 7.92. The number of anilines is 1. The molecule has 1 aromatic carbocycles. The Hall–Kier alpha value is -3.86. The van der Waals surface area contributed by atoms with Gasteiger partial charge in [0.05, 0.1) is 31.2 Å². The highest BCUT2D eigenvalue weighted by Crippen LogP contribution is 2.27. The normalized spacial score (nSPS) is 18.3. The van der Waals surface area contributed by atoms with Crippen molar-refractivity contribution in [2.45, 2.75) is 31.8 Å². The summed E-state index contributed by atoms with van der Waals surface area (Å²) in [6, 6.07) is 7.95. The van der Waals surface area contributed by atoms with Crippen LogP contribution in [0.4, 0.5) is 5.95 Å². The summed E-state index contributed by atoms with van der Waals surface area (Å²) in [6.07, 6.45) is 7.62. The highest BCUT2D eigenvalue weighted by atomic mass is 16.3. The second-order valence-corrected chi connectivity index (χ2v) is 7.92. The number of nitrogens with zero attached hydrogens (tertiary/aromatic N) is 7. The van der Waals surface area contributed by atoms with Crippen molar-refractivity contribution in [1.29, 1.82) is 0 Å². The summed E-state index contributed by atoms with van der Waals surface area (Å²) >= 11 is 0. The van der Waals surface area contributed by atoms with Crippen molar-refractivity contribution >= 4 is 23.0 Å². The number of aromatic nitrogens is 7. The lowest BCUT2D eigenvalue weighted by Gasteiger charge is -2.12. The molecule has 0 radical (unpaired) electrons. The Bertz CT molecular complexity index is 1250. The van der Waals surface area contributed by atoms with Gasteiger partial charge in [-0.25, -0.2) is 4.98 Å². The first kappa shape index (κ1) is 20.1. The number of aliphatic hydroxyl groups is 1. The fourth-order valence-corrected chi connectivity index (χ4v) is 4.06. The van der Waals surface area contributed by atoms with Crippen LogP contribution in [-0.4, -0.2) is 58.4 Å². The molecule has 0 unspecified atom stereocenters. The van der Waals surface area contributed by atoms with E-state index in [-0.39, 0.29) is 24.5 Å². The molecule has 1 aliphatic rings. The zero-order chi connectivity index (χ0) is 22.1. The standard InChI is InChI=1S/C21H23N9O2/c22-19(32)14-1-4-16(9-14)25-21-23-11-18-20(26-21)30(28-27-18)17-5-2-13(3-6-17)15-10-24-29(12-15)7-8-31/h2-3,5-6,10-12,14,16,31H,1,4,7-9H2,(H2,22,32)(H,23,25,26)/t14-,16-/m1/s1. The van der Waals surface area contributed by atoms with Crippen molar-refractivity contribution in [3.63, 3.8) is 0 Å². The van der Waals surface area contributed by atoms with Crippen molar-refractivity contribution in [1.82, 2.24) is 34.7 Å². The van der Waals surface area contributed by atoms with Crippen LogP contribution in [0.1, 0.15) is 19.3 Å². The van der Waals surface area contributed by atoms with Crippen molar-refractivity contribution in [2.24, 2.45) is 11.7 Å². The number of rotatable bonds is 7. The number of carbonyl (C=O) groups excluding carboxylic acids is 1. The minimum atomic E-state index is -0.253. The number of hydrogen-bond acceptors (Lipinski definition) is 8. The first-order valence-electron chi connectivity index (χ1n) is 10.5. The lowest BCUT2D eigenvalue weighted by Crippen LogP contribution is -2.23. The summed E-state index contributed by atoms with van der Waals surface area (Å²) in [5.41, 5.74) is 9.40. The Morgan fingerprint density at radius 3 is 2.78 bits per heavy atom. The summed E-state index contributed by atoms with van der Waals surface area (Å²) < 4.78 is 3.37. The average Bonchev–Trinajstić information content (AvgIpc) is 3.54. The van der Waals surface area contributed by atoms with Crippen LogP contribution in [0.2, 0.25) is 0 Å². The zero-order valence-electron chi connectivity index (χ0n) is 17.3. The molecule has 11 nitrogen and oxygen atoms in total. The fourth-order valence-electron chi connectivity index (χ4n) is 4.06. The highest BCUT2D eigenvalue weighted by Gasteiger charge is 2.28. The fraction of sp³-hybridized carbons (Fsp3) is 0.333. The van der Waals surface area contributed by atoms with Gasteiger partial charge in [-0.1, -0.05) is 17.3 Å². The largest absolute Gasteiger partial charge is 0.394 e. The van der Waals surface area contributed by atoms with Gasteiger partial charge in [0.2, 0.25) is 11.9 Å². The van der Waals surface area contributed by atoms with Crippen LogP contribution < -0.4 is 11.1 Å². The maximum atomic E-state index is 11.4. The molecular weight excluding hydrogens is 410 g/mol. The number of nitrogens with two attached hydrogens (primary N) is 1. The van der Waals surface area contributed by atoms with Gasteiger partial charge in [0.1, 0.15) is 0 Å². The van der Waals surface area contributed by atoms with Crippen LogP contribution in [0.15, 0.2) is 42.9 Å². The van der Waals surface area contributed by atoms with E-state index < -0.39 is 0 Å². The van der Waals surface area contributed by atoms with Gasteiger partial charge in [0.15, 0.2) is 11.2 Å². The third-order valence-electron chi connectivity index (χ3n) is 5.77. The lowest BCUT2D eigenvalue weighted by molar-refractivity contribution is -0.121. The minimum absolute atomic E-state index is 0.0462. The third-order valence-corrected chi connectivity index (χ3v) is 5.77. The molecule has 3 heterocycles. The van der Waals surface area contributed by atoms with Gasteiger partial charge in [-0.3, -0.25) is 9.48 Å². The van der Waals surface area contributed by atoms with Crippen LogP contribution in [0.5, 0.6) is 0 Å². The van der Waals surface area contributed by atoms with Crippen LogP contribution >= 0.6 is 0 Å². The second kappa shape index (κ2) is 8.35. The molecule has 32 heavy (non-hydrogen) atoms. The monoisotopic (exact) mass is 433 g/mol. The molecule has 0 saturated heterocycles. The molecule has 3 aromatic heterocycles. The number of carbonyl (C=O) groups is 1. The maximum Gasteiger partial charge on any atom is 0.225 e. The Kier molecular flexibility index (Phi) is 5.23. The number of fused-ring (bicyclic) bond motifs is 1. The highest BCUT2D eigenvalue weighted by molar-refractivity contribution is 5.77. The molecule has 0 aliphatic heterocycles. The molecule has 164 valence electrons. The van der Waals surface area contributed by atoms with E-state index in [2.05, 4.69) is 30.7 Å². The molecule has 1 aliphatic carbocycles. The van der Waals surface area contributed by atoms with E-state index >= 15 is 0 Å². The van der Waals surface area contributed by atoms with Crippen LogP contribution in [0.25, 0.3) is 28.0 Å². The lowest BCUT2D eigenvalue weighted by atomic mass is 10.1. The van der Waals surface area contributed by atoms with E-state index in [4.69, 9.17) is 10.8 Å². The van der Waals surface area contributed by atoms with Gasteiger partial charge in [-0.15, -0.1) is 5.10 Å². The summed E-state index contributed by atoms with van der Waals surface area (Å²) in [6.45, 7) is 0.508. The van der Waals surface area contributed by atoms with Crippen molar-refractivity contribution < 1.29 is 9.90 Å². The van der Waals surface area contributed by atoms with E-state index in [0.717, 1.165) is 29.7 Å². The molecule has 0 spiro atoms. The Morgan fingerprint density at radius 1 is 1.19 bits per heavy atom. The maximum absolute atomic E-state index is 11.4. The predicted molar refractivity (Wildman–Crippen MR) is 117 cm³/mol. The van der Waals surface area contributed by atoms with Gasteiger partial charge in [-0.05, 0) is 37.0 Å². The molecule has 4 N–H and O–H groups in total. The average molecular weight is 433 g/mol. The Labute approximate surface area is 183 Å². The van der Waals surface area contributed by atoms with Gasteiger partial charge in [0.25, 0.3) is 0 Å². The predicted octanol–water partition coefficient (Wildman–Crippen LogP) is 1.13. The third kappa shape index (κ3) is 3.89. The van der Waals surface area contributed by atoms with E-state index in [1.807, 2.05) is 30.5 Å². The molecule has 0 bridgehead atoms. The number of aliphatic hydroxyl groups excluding tert-OH is 1. The first-order chi connectivity index (χ1) is 15.6.